The van der Waals surface area contributed by atoms with Crippen LogP contribution in [0.1, 0.15) is 29.8 Å². The fourth-order valence-corrected chi connectivity index (χ4v) is 3.77. The normalized spacial score (nSPS) is 22.9. The van der Waals surface area contributed by atoms with E-state index in [1.807, 2.05) is 0 Å². The molecule has 3 N–H and O–H groups in total. The molecule has 1 fully saturated rings. The van der Waals surface area contributed by atoms with Crippen molar-refractivity contribution in [2.75, 3.05) is 7.11 Å². The summed E-state index contributed by atoms with van der Waals surface area (Å²) in [6.45, 7) is 0. The van der Waals surface area contributed by atoms with Gasteiger partial charge in [0.25, 0.3) is 5.91 Å². The number of rotatable bonds is 4. The topological polar surface area (TPSA) is 112 Å². The van der Waals surface area contributed by atoms with Gasteiger partial charge >= 0.3 is 0 Å². The van der Waals surface area contributed by atoms with Crippen LogP contribution in [0.5, 0.6) is 0 Å². The van der Waals surface area contributed by atoms with Gasteiger partial charge in [0.1, 0.15) is 4.90 Å². The molecule has 2 rings (SSSR count). The largest absolute Gasteiger partial charge is 0.443 e. The molecule has 1 saturated carbocycles. The van der Waals surface area contributed by atoms with Crippen LogP contribution in [0.15, 0.2) is 20.0 Å². The molecular formula is C11H15BrN2O5S. The number of carbonyl (C=O) groups is 1. The van der Waals surface area contributed by atoms with Crippen LogP contribution in [0.2, 0.25) is 0 Å². The van der Waals surface area contributed by atoms with E-state index in [1.165, 1.54) is 0 Å². The van der Waals surface area contributed by atoms with Crippen LogP contribution >= 0.6 is 15.9 Å². The van der Waals surface area contributed by atoms with E-state index < -0.39 is 15.9 Å². The van der Waals surface area contributed by atoms with Crippen molar-refractivity contribution in [1.82, 2.24) is 5.32 Å². The monoisotopic (exact) mass is 366 g/mol. The van der Waals surface area contributed by atoms with Gasteiger partial charge in [0.05, 0.1) is 12.1 Å². The van der Waals surface area contributed by atoms with E-state index >= 15 is 0 Å². The first kappa shape index (κ1) is 15.5. The molecule has 20 heavy (non-hydrogen) atoms. The molecule has 1 amide bonds. The highest BCUT2D eigenvalue weighted by Gasteiger charge is 2.30. The standard InChI is InChI=1S/C11H15BrN2O5S/c1-18-7-4-2-3-6(7)14-11(15)8-5-9(10(12)19-8)20(13,16)17/h5-7H,2-4H2,1H3,(H,14,15)(H2,13,16,17). The third-order valence-electron chi connectivity index (χ3n) is 3.26. The van der Waals surface area contributed by atoms with E-state index in [1.54, 1.807) is 7.11 Å². The van der Waals surface area contributed by atoms with Gasteiger partial charge in [-0.2, -0.15) is 0 Å². The number of hydrogen-bond acceptors (Lipinski definition) is 5. The number of nitrogens with one attached hydrogen (secondary N) is 1. The zero-order valence-electron chi connectivity index (χ0n) is 10.8. The molecule has 0 saturated heterocycles. The summed E-state index contributed by atoms with van der Waals surface area (Å²) in [5, 5.41) is 7.78. The lowest BCUT2D eigenvalue weighted by molar-refractivity contribution is 0.0705. The lowest BCUT2D eigenvalue weighted by Gasteiger charge is -2.18. The van der Waals surface area contributed by atoms with Crippen LogP contribution < -0.4 is 10.5 Å². The summed E-state index contributed by atoms with van der Waals surface area (Å²) in [6.07, 6.45) is 2.63. The summed E-state index contributed by atoms with van der Waals surface area (Å²) in [4.78, 5) is 11.8. The molecular weight excluding hydrogens is 352 g/mol. The van der Waals surface area contributed by atoms with Gasteiger partial charge in [0, 0.05) is 13.2 Å². The van der Waals surface area contributed by atoms with Gasteiger partial charge in [0.15, 0.2) is 10.4 Å². The highest BCUT2D eigenvalue weighted by molar-refractivity contribution is 9.10. The van der Waals surface area contributed by atoms with Crippen molar-refractivity contribution in [1.29, 1.82) is 0 Å². The predicted molar refractivity (Wildman–Crippen MR) is 73.7 cm³/mol. The second-order valence-electron chi connectivity index (χ2n) is 4.58. The molecule has 1 aromatic rings. The Labute approximate surface area is 125 Å². The minimum Gasteiger partial charge on any atom is -0.443 e. The Morgan fingerprint density at radius 3 is 2.80 bits per heavy atom. The van der Waals surface area contributed by atoms with E-state index in [9.17, 15) is 13.2 Å². The van der Waals surface area contributed by atoms with Crippen molar-refractivity contribution in [2.45, 2.75) is 36.3 Å². The Bertz CT molecular complexity index is 612. The fourth-order valence-electron chi connectivity index (χ4n) is 2.27. The van der Waals surface area contributed by atoms with Gasteiger partial charge in [-0.25, -0.2) is 13.6 Å². The van der Waals surface area contributed by atoms with Crippen LogP contribution in [-0.2, 0) is 14.8 Å². The van der Waals surface area contributed by atoms with E-state index in [0.29, 0.717) is 0 Å². The van der Waals surface area contributed by atoms with Gasteiger partial charge in [-0.05, 0) is 35.2 Å². The minimum atomic E-state index is -3.93. The Kier molecular flexibility index (Phi) is 4.52. The Balaban J connectivity index is 2.14. The van der Waals surface area contributed by atoms with E-state index in [-0.39, 0.29) is 27.5 Å². The first-order valence-corrected chi connectivity index (χ1v) is 8.32. The number of primary sulfonamides is 1. The Hall–Kier alpha value is -0.900. The van der Waals surface area contributed by atoms with Gasteiger partial charge in [-0.1, -0.05) is 0 Å². The SMILES string of the molecule is COC1CCCC1NC(=O)c1cc(S(N)(=O)=O)c(Br)o1. The lowest BCUT2D eigenvalue weighted by Crippen LogP contribution is -2.40. The predicted octanol–water partition coefficient (Wildman–Crippen LogP) is 0.987. The van der Waals surface area contributed by atoms with Gasteiger partial charge in [-0.15, -0.1) is 0 Å². The second kappa shape index (κ2) is 5.84. The summed E-state index contributed by atoms with van der Waals surface area (Å²) in [5.41, 5.74) is 0. The Morgan fingerprint density at radius 2 is 2.25 bits per heavy atom. The molecule has 0 aromatic carbocycles. The molecule has 1 heterocycles. The number of carbonyl (C=O) groups excluding carboxylic acids is 1. The number of methoxy groups -OCH3 is 1. The van der Waals surface area contributed by atoms with Crippen molar-refractivity contribution in [3.63, 3.8) is 0 Å². The molecule has 7 nitrogen and oxygen atoms in total. The third-order valence-corrected chi connectivity index (χ3v) is 5.03. The summed E-state index contributed by atoms with van der Waals surface area (Å²) in [6, 6.07) is 1.00. The van der Waals surface area contributed by atoms with Gasteiger partial charge in [-0.3, -0.25) is 4.79 Å². The van der Waals surface area contributed by atoms with Crippen molar-refractivity contribution in [3.05, 3.63) is 16.5 Å². The third kappa shape index (κ3) is 3.22. The summed E-state index contributed by atoms with van der Waals surface area (Å²) >= 11 is 2.93. The molecule has 0 aliphatic heterocycles. The molecule has 0 spiro atoms. The number of amides is 1. The first-order chi connectivity index (χ1) is 9.32. The molecule has 112 valence electrons. The number of furan rings is 1. The molecule has 1 aliphatic rings. The van der Waals surface area contributed by atoms with Crippen molar-refractivity contribution in [2.24, 2.45) is 5.14 Å². The zero-order chi connectivity index (χ0) is 14.9. The molecule has 1 aromatic heterocycles. The second-order valence-corrected chi connectivity index (χ2v) is 6.83. The van der Waals surface area contributed by atoms with Crippen LogP contribution in [0, 0.1) is 0 Å². The minimum absolute atomic E-state index is 0.0323. The highest BCUT2D eigenvalue weighted by Crippen LogP contribution is 2.26. The van der Waals surface area contributed by atoms with Gasteiger partial charge < -0.3 is 14.5 Å². The number of sulfonamides is 1. The molecule has 0 radical (unpaired) electrons. The maximum absolute atomic E-state index is 12.0. The number of halogens is 1. The van der Waals surface area contributed by atoms with E-state index in [4.69, 9.17) is 14.3 Å². The number of hydrogen-bond donors (Lipinski definition) is 2. The summed E-state index contributed by atoms with van der Waals surface area (Å²) in [5.74, 6) is -0.600. The average molecular weight is 367 g/mol. The van der Waals surface area contributed by atoms with Crippen molar-refractivity contribution < 1.29 is 22.4 Å². The zero-order valence-corrected chi connectivity index (χ0v) is 13.2. The van der Waals surface area contributed by atoms with Crippen molar-refractivity contribution >= 4 is 31.9 Å². The molecule has 2 atom stereocenters. The summed E-state index contributed by atoms with van der Waals surface area (Å²) in [7, 11) is -2.34. The van der Waals surface area contributed by atoms with Crippen LogP contribution in [-0.4, -0.2) is 33.6 Å². The van der Waals surface area contributed by atoms with Crippen LogP contribution in [0.4, 0.5) is 0 Å². The maximum Gasteiger partial charge on any atom is 0.287 e. The van der Waals surface area contributed by atoms with E-state index in [2.05, 4.69) is 21.2 Å². The maximum atomic E-state index is 12.0. The van der Waals surface area contributed by atoms with Crippen LogP contribution in [0.25, 0.3) is 0 Å². The quantitative estimate of drug-likeness (QED) is 0.824. The summed E-state index contributed by atoms with van der Waals surface area (Å²) < 4.78 is 32.8. The van der Waals surface area contributed by atoms with Crippen LogP contribution in [0.3, 0.4) is 0 Å². The smallest absolute Gasteiger partial charge is 0.287 e. The highest BCUT2D eigenvalue weighted by atomic mass is 79.9. The molecule has 1 aliphatic carbocycles. The molecule has 9 heteroatoms. The average Bonchev–Trinajstić information content (AvgIpc) is 2.94. The molecule has 2 unspecified atom stereocenters. The Morgan fingerprint density at radius 1 is 1.55 bits per heavy atom. The molecule has 0 bridgehead atoms. The van der Waals surface area contributed by atoms with Crippen molar-refractivity contribution in [3.8, 4) is 0 Å². The van der Waals surface area contributed by atoms with Gasteiger partial charge in [0.2, 0.25) is 10.0 Å². The number of nitrogens with two attached hydrogens (primary N) is 1. The fraction of sp³-hybridized carbons (Fsp3) is 0.545. The lowest BCUT2D eigenvalue weighted by atomic mass is 10.2. The van der Waals surface area contributed by atoms with E-state index in [0.717, 1.165) is 25.3 Å². The number of ether oxygens (including phenoxy) is 1. The first-order valence-electron chi connectivity index (χ1n) is 5.98.